The summed E-state index contributed by atoms with van der Waals surface area (Å²) in [5.41, 5.74) is 0. The van der Waals surface area contributed by atoms with Crippen molar-refractivity contribution in [1.29, 1.82) is 0 Å². The number of rotatable bonds is 3. The Balaban J connectivity index is 1.50. The van der Waals surface area contributed by atoms with Crippen molar-refractivity contribution in [2.45, 2.75) is 44.6 Å². The Morgan fingerprint density at radius 3 is 2.60 bits per heavy atom. The van der Waals surface area contributed by atoms with Crippen molar-refractivity contribution in [2.24, 2.45) is 11.8 Å². The van der Waals surface area contributed by atoms with Crippen molar-refractivity contribution in [3.05, 3.63) is 0 Å². The first-order chi connectivity index (χ1) is 9.74. The van der Waals surface area contributed by atoms with E-state index >= 15 is 0 Å². The molecule has 2 atom stereocenters. The molecule has 2 heterocycles. The minimum absolute atomic E-state index is 0.00613. The van der Waals surface area contributed by atoms with E-state index in [-0.39, 0.29) is 29.7 Å². The molecule has 2 amide bonds. The second kappa shape index (κ2) is 6.12. The van der Waals surface area contributed by atoms with Crippen LogP contribution in [0.1, 0.15) is 38.5 Å². The van der Waals surface area contributed by atoms with Crippen LogP contribution in [0.25, 0.3) is 0 Å². The number of nitrogens with zero attached hydrogens (tertiary/aromatic N) is 1. The lowest BCUT2D eigenvalue weighted by Crippen LogP contribution is -2.51. The Kier molecular flexibility index (Phi) is 4.24. The fraction of sp³-hybridized carbons (Fsp3) is 0.867. The third-order valence-electron chi connectivity index (χ3n) is 4.67. The van der Waals surface area contributed by atoms with Gasteiger partial charge >= 0.3 is 0 Å². The van der Waals surface area contributed by atoms with Gasteiger partial charge in [0.05, 0.1) is 5.92 Å². The molecule has 20 heavy (non-hydrogen) atoms. The number of hydrogen-bond acceptors (Lipinski definition) is 3. The molecule has 5 heteroatoms. The first-order valence-electron chi connectivity index (χ1n) is 8.04. The fourth-order valence-corrected chi connectivity index (χ4v) is 3.27. The number of amides is 2. The van der Waals surface area contributed by atoms with Gasteiger partial charge in [-0.2, -0.15) is 0 Å². The lowest BCUT2D eigenvalue weighted by Gasteiger charge is -2.33. The zero-order valence-electron chi connectivity index (χ0n) is 12.1. The highest BCUT2D eigenvalue weighted by Gasteiger charge is 2.36. The van der Waals surface area contributed by atoms with Crippen LogP contribution in [0.3, 0.4) is 0 Å². The predicted octanol–water partition coefficient (Wildman–Crippen LogP) is 0.503. The van der Waals surface area contributed by atoms with Gasteiger partial charge < -0.3 is 15.5 Å². The molecule has 0 spiro atoms. The normalized spacial score (nSPS) is 30.9. The third kappa shape index (κ3) is 3.32. The highest BCUT2D eigenvalue weighted by molar-refractivity contribution is 5.83. The van der Waals surface area contributed by atoms with E-state index in [1.165, 1.54) is 0 Å². The van der Waals surface area contributed by atoms with Crippen molar-refractivity contribution in [3.63, 3.8) is 0 Å². The fourth-order valence-electron chi connectivity index (χ4n) is 3.27. The summed E-state index contributed by atoms with van der Waals surface area (Å²) in [5.74, 6) is 0.682. The SMILES string of the molecule is O=C(N[C@H]1CCCNC1)C1CCCN(C(=O)C2CC2)C1. The van der Waals surface area contributed by atoms with Crippen LogP contribution in [0.4, 0.5) is 0 Å². The van der Waals surface area contributed by atoms with Gasteiger partial charge in [0.2, 0.25) is 11.8 Å². The molecule has 1 saturated carbocycles. The van der Waals surface area contributed by atoms with Gasteiger partial charge in [0.15, 0.2) is 0 Å². The molecule has 0 radical (unpaired) electrons. The van der Waals surface area contributed by atoms with Crippen LogP contribution in [-0.2, 0) is 9.59 Å². The van der Waals surface area contributed by atoms with Crippen LogP contribution in [-0.4, -0.2) is 48.9 Å². The van der Waals surface area contributed by atoms with Gasteiger partial charge in [0.25, 0.3) is 0 Å². The van der Waals surface area contributed by atoms with E-state index in [2.05, 4.69) is 10.6 Å². The Bertz CT molecular complexity index is 375. The number of likely N-dealkylation sites (tertiary alicyclic amines) is 1. The zero-order valence-corrected chi connectivity index (χ0v) is 12.1. The Hall–Kier alpha value is -1.10. The third-order valence-corrected chi connectivity index (χ3v) is 4.67. The molecule has 3 fully saturated rings. The van der Waals surface area contributed by atoms with Crippen LogP contribution >= 0.6 is 0 Å². The molecule has 5 nitrogen and oxygen atoms in total. The largest absolute Gasteiger partial charge is 0.352 e. The summed E-state index contributed by atoms with van der Waals surface area (Å²) < 4.78 is 0. The van der Waals surface area contributed by atoms with Crippen LogP contribution < -0.4 is 10.6 Å². The quantitative estimate of drug-likeness (QED) is 0.791. The number of nitrogens with one attached hydrogen (secondary N) is 2. The summed E-state index contributed by atoms with van der Waals surface area (Å²) in [6.07, 6.45) is 6.15. The summed E-state index contributed by atoms with van der Waals surface area (Å²) in [5, 5.41) is 6.47. The van der Waals surface area contributed by atoms with Crippen molar-refractivity contribution in [2.75, 3.05) is 26.2 Å². The number of hydrogen-bond donors (Lipinski definition) is 2. The molecule has 2 saturated heterocycles. The minimum atomic E-state index is -0.00613. The molecule has 112 valence electrons. The number of carbonyl (C=O) groups excluding carboxylic acids is 2. The van der Waals surface area contributed by atoms with Crippen molar-refractivity contribution in [3.8, 4) is 0 Å². The van der Waals surface area contributed by atoms with Crippen molar-refractivity contribution in [1.82, 2.24) is 15.5 Å². The first-order valence-corrected chi connectivity index (χ1v) is 8.04. The molecule has 3 rings (SSSR count). The standard InChI is InChI=1S/C15H25N3O2/c19-14(17-13-4-1-7-16-9-13)12-3-2-8-18(10-12)15(20)11-5-6-11/h11-13,16H,1-10H2,(H,17,19)/t12?,13-/m0/s1. The van der Waals surface area contributed by atoms with Crippen LogP contribution in [0.15, 0.2) is 0 Å². The maximum atomic E-state index is 12.3. The summed E-state index contributed by atoms with van der Waals surface area (Å²) in [6, 6.07) is 0.269. The van der Waals surface area contributed by atoms with E-state index in [1.807, 2.05) is 4.90 Å². The zero-order chi connectivity index (χ0) is 13.9. The molecular formula is C15H25N3O2. The van der Waals surface area contributed by atoms with Crippen LogP contribution in [0.5, 0.6) is 0 Å². The van der Waals surface area contributed by atoms with Gasteiger partial charge in [-0.15, -0.1) is 0 Å². The van der Waals surface area contributed by atoms with Gasteiger partial charge in [0, 0.05) is 31.6 Å². The second-order valence-electron chi connectivity index (χ2n) is 6.45. The van der Waals surface area contributed by atoms with Gasteiger partial charge in [-0.3, -0.25) is 9.59 Å². The number of piperidine rings is 2. The van der Waals surface area contributed by atoms with E-state index in [1.54, 1.807) is 0 Å². The van der Waals surface area contributed by atoms with E-state index in [0.29, 0.717) is 6.54 Å². The average molecular weight is 279 g/mol. The summed E-state index contributed by atoms with van der Waals surface area (Å²) in [7, 11) is 0. The van der Waals surface area contributed by atoms with E-state index in [4.69, 9.17) is 0 Å². The topological polar surface area (TPSA) is 61.4 Å². The molecule has 0 bridgehead atoms. The van der Waals surface area contributed by atoms with Crippen molar-refractivity contribution < 1.29 is 9.59 Å². The molecule has 1 unspecified atom stereocenters. The summed E-state index contributed by atoms with van der Waals surface area (Å²) in [4.78, 5) is 26.4. The Labute approximate surface area is 120 Å². The van der Waals surface area contributed by atoms with Gasteiger partial charge in [-0.05, 0) is 45.1 Å². The Morgan fingerprint density at radius 1 is 1.05 bits per heavy atom. The molecule has 0 aromatic rings. The van der Waals surface area contributed by atoms with E-state index in [9.17, 15) is 9.59 Å². The first kappa shape index (κ1) is 13.9. The molecular weight excluding hydrogens is 254 g/mol. The van der Waals surface area contributed by atoms with Gasteiger partial charge in [-0.25, -0.2) is 0 Å². The highest BCUT2D eigenvalue weighted by Crippen LogP contribution is 2.32. The predicted molar refractivity (Wildman–Crippen MR) is 76.1 cm³/mol. The lowest BCUT2D eigenvalue weighted by atomic mass is 9.95. The van der Waals surface area contributed by atoms with Crippen LogP contribution in [0, 0.1) is 11.8 Å². The van der Waals surface area contributed by atoms with Crippen LogP contribution in [0.2, 0.25) is 0 Å². The monoisotopic (exact) mass is 279 g/mol. The van der Waals surface area contributed by atoms with Gasteiger partial charge in [-0.1, -0.05) is 0 Å². The summed E-state index contributed by atoms with van der Waals surface area (Å²) in [6.45, 7) is 3.40. The number of carbonyl (C=O) groups is 2. The minimum Gasteiger partial charge on any atom is -0.352 e. The highest BCUT2D eigenvalue weighted by atomic mass is 16.2. The molecule has 1 aliphatic carbocycles. The lowest BCUT2D eigenvalue weighted by molar-refractivity contribution is -0.137. The summed E-state index contributed by atoms with van der Waals surface area (Å²) >= 11 is 0. The maximum Gasteiger partial charge on any atom is 0.225 e. The smallest absolute Gasteiger partial charge is 0.225 e. The molecule has 0 aromatic carbocycles. The molecule has 2 N–H and O–H groups in total. The maximum absolute atomic E-state index is 12.3. The van der Waals surface area contributed by atoms with Gasteiger partial charge in [0.1, 0.15) is 0 Å². The van der Waals surface area contributed by atoms with E-state index < -0.39 is 0 Å². The van der Waals surface area contributed by atoms with E-state index in [0.717, 1.165) is 58.2 Å². The Morgan fingerprint density at radius 2 is 1.90 bits per heavy atom. The molecule has 3 aliphatic rings. The molecule has 2 aliphatic heterocycles. The van der Waals surface area contributed by atoms with Crippen molar-refractivity contribution >= 4 is 11.8 Å². The molecule has 0 aromatic heterocycles. The second-order valence-corrected chi connectivity index (χ2v) is 6.45. The average Bonchev–Trinajstić information content (AvgIpc) is 3.32.